The Morgan fingerprint density at radius 2 is 2.14 bits per heavy atom. The zero-order chi connectivity index (χ0) is 10.4. The number of unbranched alkanes of at least 4 members (excludes halogenated alkanes) is 1. The third-order valence-corrected chi connectivity index (χ3v) is 2.72. The van der Waals surface area contributed by atoms with Gasteiger partial charge in [0.1, 0.15) is 5.76 Å². The maximum absolute atomic E-state index is 11.3. The second-order valence-corrected chi connectivity index (χ2v) is 3.95. The molecule has 80 valence electrons. The Bertz CT molecular complexity index is 233. The van der Waals surface area contributed by atoms with Crippen LogP contribution in [0.3, 0.4) is 0 Å². The lowest BCUT2D eigenvalue weighted by molar-refractivity contribution is -0.116. The molecule has 0 spiro atoms. The molecule has 0 aromatic carbocycles. The third-order valence-electron chi connectivity index (χ3n) is 2.45. The average molecular weight is 217 g/mol. The molecular weight excluding hydrogens is 200 g/mol. The smallest absolute Gasteiger partial charge is 0.161 e. The summed E-state index contributed by atoms with van der Waals surface area (Å²) >= 11 is 5.55. The van der Waals surface area contributed by atoms with Crippen molar-refractivity contribution < 1.29 is 9.53 Å². The lowest BCUT2D eigenvalue weighted by Gasteiger charge is -2.17. The fraction of sp³-hybridized carbons (Fsp3) is 0.727. The molecule has 0 aliphatic heterocycles. The van der Waals surface area contributed by atoms with Gasteiger partial charge in [0.05, 0.1) is 6.61 Å². The van der Waals surface area contributed by atoms with Gasteiger partial charge in [0.25, 0.3) is 0 Å². The molecule has 14 heavy (non-hydrogen) atoms. The zero-order valence-corrected chi connectivity index (χ0v) is 9.40. The van der Waals surface area contributed by atoms with Gasteiger partial charge < -0.3 is 4.74 Å². The highest BCUT2D eigenvalue weighted by molar-refractivity contribution is 6.17. The van der Waals surface area contributed by atoms with Crippen molar-refractivity contribution in [1.82, 2.24) is 0 Å². The highest BCUT2D eigenvalue weighted by Crippen LogP contribution is 2.22. The molecular formula is C11H17ClO2. The van der Waals surface area contributed by atoms with Crippen LogP contribution in [0.1, 0.15) is 39.0 Å². The fourth-order valence-electron chi connectivity index (χ4n) is 1.51. The molecule has 3 heteroatoms. The molecule has 0 fully saturated rings. The van der Waals surface area contributed by atoms with Crippen molar-refractivity contribution in [2.45, 2.75) is 39.0 Å². The predicted molar refractivity (Wildman–Crippen MR) is 57.5 cm³/mol. The van der Waals surface area contributed by atoms with E-state index in [2.05, 4.69) is 0 Å². The largest absolute Gasteiger partial charge is 0.498 e. The minimum Gasteiger partial charge on any atom is -0.498 e. The molecule has 0 aromatic rings. The summed E-state index contributed by atoms with van der Waals surface area (Å²) in [5, 5.41) is 0. The summed E-state index contributed by atoms with van der Waals surface area (Å²) in [7, 11) is 0. The normalized spacial score (nSPS) is 17.4. The Morgan fingerprint density at radius 1 is 1.36 bits per heavy atom. The number of hydrogen-bond donors (Lipinski definition) is 0. The molecule has 0 saturated carbocycles. The van der Waals surface area contributed by atoms with Crippen molar-refractivity contribution in [2.75, 3.05) is 12.5 Å². The first-order chi connectivity index (χ1) is 6.75. The van der Waals surface area contributed by atoms with Crippen molar-refractivity contribution in [1.29, 1.82) is 0 Å². The Hall–Kier alpha value is -0.500. The first-order valence-electron chi connectivity index (χ1n) is 5.17. The van der Waals surface area contributed by atoms with Crippen LogP contribution in [0.25, 0.3) is 0 Å². The van der Waals surface area contributed by atoms with Gasteiger partial charge in [0.2, 0.25) is 0 Å². The van der Waals surface area contributed by atoms with E-state index in [-0.39, 0.29) is 5.78 Å². The van der Waals surface area contributed by atoms with Crippen molar-refractivity contribution in [3.05, 3.63) is 11.3 Å². The van der Waals surface area contributed by atoms with Crippen LogP contribution in [0.2, 0.25) is 0 Å². The monoisotopic (exact) mass is 216 g/mol. The van der Waals surface area contributed by atoms with E-state index < -0.39 is 0 Å². The standard InChI is InChI=1S/C11H17ClO2/c1-9-10(13)5-4-6-11(9)14-8-3-2-7-12/h2-8H2,1H3. The molecule has 2 nitrogen and oxygen atoms in total. The lowest BCUT2D eigenvalue weighted by Crippen LogP contribution is -2.11. The van der Waals surface area contributed by atoms with Gasteiger partial charge in [-0.2, -0.15) is 0 Å². The first kappa shape index (κ1) is 11.6. The minimum atomic E-state index is 0.239. The van der Waals surface area contributed by atoms with Crippen LogP contribution < -0.4 is 0 Å². The zero-order valence-electron chi connectivity index (χ0n) is 8.64. The molecule has 0 saturated heterocycles. The maximum Gasteiger partial charge on any atom is 0.161 e. The third kappa shape index (κ3) is 3.33. The Balaban J connectivity index is 2.35. The number of ether oxygens (including phenoxy) is 1. The van der Waals surface area contributed by atoms with Crippen LogP contribution in [0.15, 0.2) is 11.3 Å². The van der Waals surface area contributed by atoms with Crippen LogP contribution in [-0.2, 0) is 9.53 Å². The molecule has 0 amide bonds. The average Bonchev–Trinajstić information content (AvgIpc) is 2.19. The summed E-state index contributed by atoms with van der Waals surface area (Å²) in [5.74, 6) is 1.82. The molecule has 1 aliphatic carbocycles. The molecule has 0 heterocycles. The summed E-state index contributed by atoms with van der Waals surface area (Å²) in [5.41, 5.74) is 0.821. The van der Waals surface area contributed by atoms with E-state index in [1.807, 2.05) is 6.92 Å². The summed E-state index contributed by atoms with van der Waals surface area (Å²) in [4.78, 5) is 11.3. The van der Waals surface area contributed by atoms with Gasteiger partial charge in [-0.15, -0.1) is 11.6 Å². The van der Waals surface area contributed by atoms with E-state index in [1.54, 1.807) is 0 Å². The Kier molecular flexibility index (Phi) is 5.02. The summed E-state index contributed by atoms with van der Waals surface area (Å²) in [6, 6.07) is 0. The van der Waals surface area contributed by atoms with Crippen molar-refractivity contribution in [2.24, 2.45) is 0 Å². The number of allylic oxidation sites excluding steroid dienone is 2. The number of rotatable bonds is 5. The number of carbonyl (C=O) groups is 1. The van der Waals surface area contributed by atoms with E-state index in [4.69, 9.17) is 16.3 Å². The van der Waals surface area contributed by atoms with E-state index in [0.717, 1.165) is 37.0 Å². The summed E-state index contributed by atoms with van der Waals surface area (Å²) in [6.45, 7) is 2.55. The van der Waals surface area contributed by atoms with Crippen LogP contribution >= 0.6 is 11.6 Å². The van der Waals surface area contributed by atoms with Crippen molar-refractivity contribution in [3.8, 4) is 0 Å². The highest BCUT2D eigenvalue weighted by atomic mass is 35.5. The summed E-state index contributed by atoms with van der Waals surface area (Å²) in [6.07, 6.45) is 4.47. The van der Waals surface area contributed by atoms with Crippen LogP contribution in [0.4, 0.5) is 0 Å². The number of carbonyl (C=O) groups excluding carboxylic acids is 1. The molecule has 0 atom stereocenters. The molecule has 0 aromatic heterocycles. The number of alkyl halides is 1. The second-order valence-electron chi connectivity index (χ2n) is 3.57. The van der Waals surface area contributed by atoms with Gasteiger partial charge in [-0.05, 0) is 26.2 Å². The van der Waals surface area contributed by atoms with E-state index >= 15 is 0 Å². The van der Waals surface area contributed by atoms with Crippen LogP contribution in [-0.4, -0.2) is 18.3 Å². The predicted octanol–water partition coefficient (Wildman–Crippen LogP) is 3.05. The SMILES string of the molecule is CC1=C(OCCCCCl)CCCC1=O. The van der Waals surface area contributed by atoms with Gasteiger partial charge in [0.15, 0.2) is 5.78 Å². The van der Waals surface area contributed by atoms with E-state index in [0.29, 0.717) is 18.9 Å². The van der Waals surface area contributed by atoms with Gasteiger partial charge in [-0.1, -0.05) is 0 Å². The second kappa shape index (κ2) is 6.07. The molecule has 0 bridgehead atoms. The lowest BCUT2D eigenvalue weighted by atomic mass is 9.98. The van der Waals surface area contributed by atoms with Crippen molar-refractivity contribution in [3.63, 3.8) is 0 Å². The number of ketones is 1. The fourth-order valence-corrected chi connectivity index (χ4v) is 1.70. The molecule has 1 rings (SSSR count). The van der Waals surface area contributed by atoms with Crippen LogP contribution in [0, 0.1) is 0 Å². The number of halogens is 1. The maximum atomic E-state index is 11.3. The quantitative estimate of drug-likeness (QED) is 0.522. The Labute approximate surface area is 90.3 Å². The first-order valence-corrected chi connectivity index (χ1v) is 5.71. The van der Waals surface area contributed by atoms with Gasteiger partial charge >= 0.3 is 0 Å². The van der Waals surface area contributed by atoms with Gasteiger partial charge in [0, 0.05) is 24.3 Å². The van der Waals surface area contributed by atoms with Gasteiger partial charge in [-0.3, -0.25) is 4.79 Å². The number of Topliss-reactive ketones (excluding diaryl/α,β-unsaturated/α-hetero) is 1. The van der Waals surface area contributed by atoms with E-state index in [1.165, 1.54) is 0 Å². The molecule has 0 radical (unpaired) electrons. The molecule has 0 N–H and O–H groups in total. The minimum absolute atomic E-state index is 0.239. The molecule has 1 aliphatic rings. The highest BCUT2D eigenvalue weighted by Gasteiger charge is 2.17. The topological polar surface area (TPSA) is 26.3 Å². The van der Waals surface area contributed by atoms with E-state index in [9.17, 15) is 4.79 Å². The number of hydrogen-bond acceptors (Lipinski definition) is 2. The van der Waals surface area contributed by atoms with Crippen molar-refractivity contribution >= 4 is 17.4 Å². The Morgan fingerprint density at radius 3 is 2.86 bits per heavy atom. The van der Waals surface area contributed by atoms with Crippen LogP contribution in [0.5, 0.6) is 0 Å². The summed E-state index contributed by atoms with van der Waals surface area (Å²) < 4.78 is 5.57. The van der Waals surface area contributed by atoms with Gasteiger partial charge in [-0.25, -0.2) is 0 Å². The molecule has 0 unspecified atom stereocenters.